The highest BCUT2D eigenvalue weighted by molar-refractivity contribution is 9.10. The molecule has 2 aromatic rings. The van der Waals surface area contributed by atoms with Crippen molar-refractivity contribution in [1.82, 2.24) is 0 Å². The third-order valence-corrected chi connectivity index (χ3v) is 4.26. The van der Waals surface area contributed by atoms with Gasteiger partial charge in [0.1, 0.15) is 10.6 Å². The van der Waals surface area contributed by atoms with Gasteiger partial charge in [0.2, 0.25) is 0 Å². The van der Waals surface area contributed by atoms with Crippen LogP contribution in [0.4, 0.5) is 5.69 Å². The van der Waals surface area contributed by atoms with Crippen molar-refractivity contribution in [2.24, 2.45) is 0 Å². The second-order valence-electron chi connectivity index (χ2n) is 3.49. The average Bonchev–Trinajstić information content (AvgIpc) is 2.21. The Balaban J connectivity index is 2.95. The normalized spacial score (nSPS) is 11.9. The van der Waals surface area contributed by atoms with Gasteiger partial charge in [-0.25, -0.2) is 0 Å². The van der Waals surface area contributed by atoms with Crippen LogP contribution in [0.1, 0.15) is 0 Å². The molecule has 7 heteroatoms. The zero-order valence-corrected chi connectivity index (χ0v) is 10.8. The van der Waals surface area contributed by atoms with E-state index >= 15 is 0 Å². The fraction of sp³-hybridized carbons (Fsp3) is 0. The van der Waals surface area contributed by atoms with Crippen LogP contribution >= 0.6 is 15.9 Å². The topological polar surface area (TPSA) is 101 Å². The lowest BCUT2D eigenvalue weighted by atomic mass is 10.1. The van der Waals surface area contributed by atoms with Crippen LogP contribution in [-0.2, 0) is 10.1 Å². The molecule has 0 aliphatic rings. The van der Waals surface area contributed by atoms with Gasteiger partial charge in [0.25, 0.3) is 10.1 Å². The molecule has 0 aliphatic carbocycles. The summed E-state index contributed by atoms with van der Waals surface area (Å²) < 4.78 is 31.2. The molecule has 0 fully saturated rings. The number of anilines is 1. The largest absolute Gasteiger partial charge is 0.506 e. The summed E-state index contributed by atoms with van der Waals surface area (Å²) in [5, 5.41) is 10.7. The van der Waals surface area contributed by atoms with Crippen molar-refractivity contribution in [2.75, 3.05) is 5.73 Å². The molecule has 0 saturated carbocycles. The van der Waals surface area contributed by atoms with Gasteiger partial charge in [0, 0.05) is 11.1 Å². The lowest BCUT2D eigenvalue weighted by Crippen LogP contribution is -1.99. The molecule has 0 atom stereocenters. The number of aromatic hydroxyl groups is 1. The standard InChI is InChI=1S/C10H8BrNO4S/c11-9-8(17(14,15)16)4-5-3-6(12)1-2-7(5)10(9)13/h1-4,13H,12H2,(H,14,15,16). The van der Waals surface area contributed by atoms with Gasteiger partial charge in [-0.05, 0) is 45.6 Å². The molecular formula is C10H8BrNO4S. The van der Waals surface area contributed by atoms with E-state index in [0.29, 0.717) is 16.5 Å². The van der Waals surface area contributed by atoms with E-state index in [1.807, 2.05) is 0 Å². The summed E-state index contributed by atoms with van der Waals surface area (Å²) in [7, 11) is -4.41. The number of benzene rings is 2. The fourth-order valence-electron chi connectivity index (χ4n) is 1.54. The average molecular weight is 318 g/mol. The summed E-state index contributed by atoms with van der Waals surface area (Å²) >= 11 is 2.94. The Bertz CT molecular complexity index is 712. The number of halogens is 1. The number of phenols is 1. The fourth-order valence-corrected chi connectivity index (χ4v) is 3.08. The molecule has 0 aliphatic heterocycles. The zero-order valence-electron chi connectivity index (χ0n) is 8.38. The van der Waals surface area contributed by atoms with E-state index in [4.69, 9.17) is 10.3 Å². The highest BCUT2D eigenvalue weighted by Crippen LogP contribution is 2.38. The molecule has 0 spiro atoms. The van der Waals surface area contributed by atoms with E-state index < -0.39 is 15.0 Å². The summed E-state index contributed by atoms with van der Waals surface area (Å²) in [5.74, 6) is -0.255. The SMILES string of the molecule is Nc1ccc2c(O)c(Br)c(S(=O)(=O)O)cc2c1. The van der Waals surface area contributed by atoms with Crippen molar-refractivity contribution in [3.8, 4) is 5.75 Å². The quantitative estimate of drug-likeness (QED) is 0.552. The maximum atomic E-state index is 11.1. The second kappa shape index (κ2) is 3.86. The molecule has 90 valence electrons. The van der Waals surface area contributed by atoms with Crippen LogP contribution in [0.5, 0.6) is 5.75 Å². The monoisotopic (exact) mass is 317 g/mol. The van der Waals surface area contributed by atoms with Crippen LogP contribution in [0.3, 0.4) is 0 Å². The van der Waals surface area contributed by atoms with Gasteiger partial charge in [-0.2, -0.15) is 8.42 Å². The van der Waals surface area contributed by atoms with E-state index in [0.717, 1.165) is 0 Å². The van der Waals surface area contributed by atoms with Crippen molar-refractivity contribution < 1.29 is 18.1 Å². The number of phenolic OH excluding ortho intramolecular Hbond substituents is 1. The van der Waals surface area contributed by atoms with Crippen molar-refractivity contribution >= 4 is 42.5 Å². The molecule has 0 aromatic heterocycles. The summed E-state index contributed by atoms with van der Waals surface area (Å²) in [5.41, 5.74) is 6.00. The van der Waals surface area contributed by atoms with Gasteiger partial charge < -0.3 is 10.8 Å². The first kappa shape index (κ1) is 12.2. The number of hydrogen-bond donors (Lipinski definition) is 3. The zero-order chi connectivity index (χ0) is 12.8. The first-order chi connectivity index (χ1) is 7.80. The molecule has 2 rings (SSSR count). The van der Waals surface area contributed by atoms with Crippen molar-refractivity contribution in [2.45, 2.75) is 4.90 Å². The van der Waals surface area contributed by atoms with E-state index in [1.54, 1.807) is 12.1 Å². The minimum Gasteiger partial charge on any atom is -0.506 e. The molecule has 2 aromatic carbocycles. The Morgan fingerprint density at radius 2 is 1.88 bits per heavy atom. The molecular weight excluding hydrogens is 310 g/mol. The van der Waals surface area contributed by atoms with Crippen LogP contribution in [0.25, 0.3) is 10.8 Å². The third kappa shape index (κ3) is 2.08. The number of fused-ring (bicyclic) bond motifs is 1. The van der Waals surface area contributed by atoms with Gasteiger partial charge in [-0.3, -0.25) is 4.55 Å². The van der Waals surface area contributed by atoms with Gasteiger partial charge in [0.05, 0.1) is 4.47 Å². The van der Waals surface area contributed by atoms with Crippen LogP contribution in [0.15, 0.2) is 33.6 Å². The van der Waals surface area contributed by atoms with Crippen LogP contribution in [-0.4, -0.2) is 18.1 Å². The molecule has 5 nitrogen and oxygen atoms in total. The predicted octanol–water partition coefficient (Wildman–Crippen LogP) is 2.14. The Hall–Kier alpha value is -1.31. The lowest BCUT2D eigenvalue weighted by Gasteiger charge is -2.08. The van der Waals surface area contributed by atoms with Crippen LogP contribution < -0.4 is 5.73 Å². The molecule has 0 heterocycles. The van der Waals surface area contributed by atoms with Gasteiger partial charge in [-0.15, -0.1) is 0 Å². The Morgan fingerprint density at radius 1 is 1.24 bits per heavy atom. The first-order valence-electron chi connectivity index (χ1n) is 4.49. The minimum atomic E-state index is -4.41. The van der Waals surface area contributed by atoms with E-state index in [-0.39, 0.29) is 10.2 Å². The molecule has 0 unspecified atom stereocenters. The predicted molar refractivity (Wildman–Crippen MR) is 67.5 cm³/mol. The van der Waals surface area contributed by atoms with E-state index in [2.05, 4.69) is 15.9 Å². The van der Waals surface area contributed by atoms with Crippen LogP contribution in [0.2, 0.25) is 0 Å². The lowest BCUT2D eigenvalue weighted by molar-refractivity contribution is 0.467. The minimum absolute atomic E-state index is 0.0720. The van der Waals surface area contributed by atoms with Crippen molar-refractivity contribution in [3.63, 3.8) is 0 Å². The summed E-state index contributed by atoms with van der Waals surface area (Å²) in [6.07, 6.45) is 0. The highest BCUT2D eigenvalue weighted by Gasteiger charge is 2.19. The molecule has 0 amide bonds. The van der Waals surface area contributed by atoms with Gasteiger partial charge in [-0.1, -0.05) is 0 Å². The van der Waals surface area contributed by atoms with E-state index in [9.17, 15) is 13.5 Å². The van der Waals surface area contributed by atoms with E-state index in [1.165, 1.54) is 12.1 Å². The first-order valence-corrected chi connectivity index (χ1v) is 6.72. The molecule has 0 radical (unpaired) electrons. The van der Waals surface area contributed by atoms with Gasteiger partial charge >= 0.3 is 0 Å². The molecule has 0 bridgehead atoms. The highest BCUT2D eigenvalue weighted by atomic mass is 79.9. The van der Waals surface area contributed by atoms with Crippen LogP contribution in [0, 0.1) is 0 Å². The molecule has 0 saturated heterocycles. The number of nitrogen functional groups attached to an aromatic ring is 1. The Kier molecular flexibility index (Phi) is 2.76. The van der Waals surface area contributed by atoms with Crippen molar-refractivity contribution in [1.29, 1.82) is 0 Å². The maximum Gasteiger partial charge on any atom is 0.295 e. The third-order valence-electron chi connectivity index (χ3n) is 2.32. The number of nitrogens with two attached hydrogens (primary N) is 1. The van der Waals surface area contributed by atoms with Gasteiger partial charge in [0.15, 0.2) is 0 Å². The summed E-state index contributed by atoms with van der Waals surface area (Å²) in [6.45, 7) is 0. The molecule has 17 heavy (non-hydrogen) atoms. The van der Waals surface area contributed by atoms with Crippen molar-refractivity contribution in [3.05, 3.63) is 28.7 Å². The summed E-state index contributed by atoms with van der Waals surface area (Å²) in [6, 6.07) is 5.90. The number of hydrogen-bond acceptors (Lipinski definition) is 4. The Labute approximate surface area is 106 Å². The smallest absolute Gasteiger partial charge is 0.295 e. The number of rotatable bonds is 1. The summed E-state index contributed by atoms with van der Waals surface area (Å²) in [4.78, 5) is -0.395. The maximum absolute atomic E-state index is 11.1. The second-order valence-corrected chi connectivity index (χ2v) is 5.68. The Morgan fingerprint density at radius 3 is 2.47 bits per heavy atom. The molecule has 4 N–H and O–H groups in total.